The number of halogens is 1. The van der Waals surface area contributed by atoms with Crippen LogP contribution in [0.1, 0.15) is 0 Å². The molecule has 0 aliphatic rings. The summed E-state index contributed by atoms with van der Waals surface area (Å²) in [6, 6.07) is 14.3. The zero-order chi connectivity index (χ0) is 14.4. The molecule has 0 saturated heterocycles. The Bertz CT molecular complexity index is 975. The first-order chi connectivity index (χ1) is 10.3. The molecule has 0 aliphatic heterocycles. The predicted octanol–water partition coefficient (Wildman–Crippen LogP) is 3.50. The number of H-pyrrole nitrogens is 1. The van der Waals surface area contributed by atoms with Crippen LogP contribution in [0.25, 0.3) is 33.1 Å². The molecule has 0 spiro atoms. The lowest BCUT2D eigenvalue weighted by Crippen LogP contribution is -1.99. The fourth-order valence-electron chi connectivity index (χ4n) is 2.63. The Morgan fingerprint density at radius 2 is 1.71 bits per heavy atom. The van der Waals surface area contributed by atoms with Gasteiger partial charge >= 0.3 is 0 Å². The van der Waals surface area contributed by atoms with Gasteiger partial charge in [-0.05, 0) is 12.1 Å². The Morgan fingerprint density at radius 3 is 2.57 bits per heavy atom. The van der Waals surface area contributed by atoms with Crippen molar-refractivity contribution < 1.29 is 4.39 Å². The lowest BCUT2D eigenvalue weighted by molar-refractivity contribution is 0.631. The number of nitrogens with one attached hydrogen (secondary N) is 1. The molecule has 102 valence electrons. The number of nitrogens with zero attached hydrogens (tertiary/aromatic N) is 2. The van der Waals surface area contributed by atoms with Crippen LogP contribution in [-0.2, 0) is 0 Å². The van der Waals surface area contributed by atoms with Crippen molar-refractivity contribution in [3.05, 3.63) is 54.3 Å². The molecule has 4 aromatic rings. The van der Waals surface area contributed by atoms with E-state index in [9.17, 15) is 4.39 Å². The number of anilines is 1. The normalized spacial score (nSPS) is 11.3. The Kier molecular flexibility index (Phi) is 2.41. The molecule has 4 nitrogen and oxygen atoms in total. The first-order valence-electron chi connectivity index (χ1n) is 6.53. The first-order valence-corrected chi connectivity index (χ1v) is 6.53. The lowest BCUT2D eigenvalue weighted by atomic mass is 10.0. The molecule has 2 aromatic heterocycles. The van der Waals surface area contributed by atoms with E-state index in [0.29, 0.717) is 22.2 Å². The molecule has 0 amide bonds. The molecule has 0 saturated carbocycles. The van der Waals surface area contributed by atoms with Gasteiger partial charge in [0.25, 0.3) is 0 Å². The molecular weight excluding hydrogens is 267 g/mol. The van der Waals surface area contributed by atoms with E-state index in [1.807, 2.05) is 24.3 Å². The minimum atomic E-state index is -0.336. The predicted molar refractivity (Wildman–Crippen MR) is 81.2 cm³/mol. The van der Waals surface area contributed by atoms with E-state index in [1.54, 1.807) is 18.2 Å². The van der Waals surface area contributed by atoms with Gasteiger partial charge in [-0.15, -0.1) is 10.2 Å². The van der Waals surface area contributed by atoms with Gasteiger partial charge < -0.3 is 10.7 Å². The van der Waals surface area contributed by atoms with Crippen molar-refractivity contribution in [2.24, 2.45) is 0 Å². The highest BCUT2D eigenvalue weighted by atomic mass is 19.1. The Morgan fingerprint density at radius 1 is 0.952 bits per heavy atom. The van der Waals surface area contributed by atoms with Crippen LogP contribution in [0.4, 0.5) is 10.2 Å². The maximum absolute atomic E-state index is 14.1. The monoisotopic (exact) mass is 278 g/mol. The van der Waals surface area contributed by atoms with Crippen LogP contribution >= 0.6 is 0 Å². The summed E-state index contributed by atoms with van der Waals surface area (Å²) in [5.74, 6) is -0.128. The second kappa shape index (κ2) is 4.28. The van der Waals surface area contributed by atoms with Crippen molar-refractivity contribution >= 4 is 27.8 Å². The second-order valence-corrected chi connectivity index (χ2v) is 4.83. The average Bonchev–Trinajstić information content (AvgIpc) is 2.87. The minimum Gasteiger partial charge on any atom is -0.382 e. The first kappa shape index (κ1) is 11.8. The van der Waals surface area contributed by atoms with E-state index in [1.165, 1.54) is 6.07 Å². The summed E-state index contributed by atoms with van der Waals surface area (Å²) in [6.07, 6.45) is 0. The maximum Gasteiger partial charge on any atom is 0.156 e. The fourth-order valence-corrected chi connectivity index (χ4v) is 2.63. The molecule has 2 aromatic carbocycles. The van der Waals surface area contributed by atoms with Crippen LogP contribution in [0, 0.1) is 5.82 Å². The number of aromatic nitrogens is 3. The van der Waals surface area contributed by atoms with Crippen molar-refractivity contribution in [3.63, 3.8) is 0 Å². The van der Waals surface area contributed by atoms with Gasteiger partial charge in [0.1, 0.15) is 11.3 Å². The molecule has 21 heavy (non-hydrogen) atoms. The van der Waals surface area contributed by atoms with Crippen LogP contribution in [0.5, 0.6) is 0 Å². The Labute approximate surface area is 119 Å². The standard InChI is InChI=1S/C16H11FN4/c17-11-7-3-1-5-9(11)13-15-14(20-21-16(13)18)10-6-2-4-8-12(10)19-15/h1-8,19H,(H2,18,21). The van der Waals surface area contributed by atoms with E-state index in [2.05, 4.69) is 15.2 Å². The molecule has 0 bridgehead atoms. The van der Waals surface area contributed by atoms with Crippen LogP contribution in [0.15, 0.2) is 48.5 Å². The van der Waals surface area contributed by atoms with Crippen LogP contribution in [-0.4, -0.2) is 15.2 Å². The van der Waals surface area contributed by atoms with Gasteiger partial charge in [-0.1, -0.05) is 36.4 Å². The summed E-state index contributed by atoms with van der Waals surface area (Å²) in [5.41, 5.74) is 9.23. The smallest absolute Gasteiger partial charge is 0.156 e. The third-order valence-electron chi connectivity index (χ3n) is 3.59. The number of fused-ring (bicyclic) bond motifs is 3. The number of benzene rings is 2. The van der Waals surface area contributed by atoms with Gasteiger partial charge in [0.2, 0.25) is 0 Å². The number of hydrogen-bond acceptors (Lipinski definition) is 3. The molecule has 0 unspecified atom stereocenters. The number of aromatic amines is 1. The number of rotatable bonds is 1. The molecule has 0 fully saturated rings. The van der Waals surface area contributed by atoms with Gasteiger partial charge in [0.05, 0.1) is 11.1 Å². The molecule has 3 N–H and O–H groups in total. The third kappa shape index (κ3) is 1.67. The Balaban J connectivity index is 2.18. The second-order valence-electron chi connectivity index (χ2n) is 4.83. The van der Waals surface area contributed by atoms with E-state index in [-0.39, 0.29) is 11.6 Å². The average molecular weight is 278 g/mol. The van der Waals surface area contributed by atoms with E-state index < -0.39 is 0 Å². The summed E-state index contributed by atoms with van der Waals surface area (Å²) >= 11 is 0. The van der Waals surface area contributed by atoms with Gasteiger partial charge in [-0.2, -0.15) is 0 Å². The molecule has 0 radical (unpaired) electrons. The summed E-state index contributed by atoms with van der Waals surface area (Å²) in [4.78, 5) is 3.26. The van der Waals surface area contributed by atoms with Crippen LogP contribution < -0.4 is 5.73 Å². The summed E-state index contributed by atoms with van der Waals surface area (Å²) < 4.78 is 14.1. The maximum atomic E-state index is 14.1. The Hall–Kier alpha value is -2.95. The molecular formula is C16H11FN4. The van der Waals surface area contributed by atoms with Gasteiger partial charge in [-0.25, -0.2) is 4.39 Å². The van der Waals surface area contributed by atoms with Crippen molar-refractivity contribution in [2.75, 3.05) is 5.73 Å². The number of hydrogen-bond donors (Lipinski definition) is 2. The van der Waals surface area contributed by atoms with Gasteiger partial charge in [0.15, 0.2) is 5.82 Å². The zero-order valence-electron chi connectivity index (χ0n) is 11.0. The minimum absolute atomic E-state index is 0.208. The summed E-state index contributed by atoms with van der Waals surface area (Å²) in [6.45, 7) is 0. The summed E-state index contributed by atoms with van der Waals surface area (Å²) in [5, 5.41) is 9.09. The third-order valence-corrected chi connectivity index (χ3v) is 3.59. The molecule has 5 heteroatoms. The number of para-hydroxylation sites is 1. The van der Waals surface area contributed by atoms with Crippen LogP contribution in [0.3, 0.4) is 0 Å². The highest BCUT2D eigenvalue weighted by molar-refractivity contribution is 6.11. The van der Waals surface area contributed by atoms with E-state index in [0.717, 1.165) is 10.9 Å². The topological polar surface area (TPSA) is 67.6 Å². The highest BCUT2D eigenvalue weighted by Gasteiger charge is 2.17. The molecule has 2 heterocycles. The zero-order valence-corrected chi connectivity index (χ0v) is 11.0. The molecule has 4 rings (SSSR count). The van der Waals surface area contributed by atoms with E-state index in [4.69, 9.17) is 5.73 Å². The van der Waals surface area contributed by atoms with Gasteiger partial charge in [0, 0.05) is 16.5 Å². The molecule has 0 atom stereocenters. The quantitative estimate of drug-likeness (QED) is 0.560. The van der Waals surface area contributed by atoms with Crippen molar-refractivity contribution in [1.82, 2.24) is 15.2 Å². The van der Waals surface area contributed by atoms with Gasteiger partial charge in [-0.3, -0.25) is 0 Å². The molecule has 0 aliphatic carbocycles. The number of nitrogen functional groups attached to an aromatic ring is 1. The largest absolute Gasteiger partial charge is 0.382 e. The van der Waals surface area contributed by atoms with Crippen molar-refractivity contribution in [1.29, 1.82) is 0 Å². The SMILES string of the molecule is Nc1nnc2c([nH]c3ccccc32)c1-c1ccccc1F. The number of nitrogens with two attached hydrogens (primary N) is 1. The fraction of sp³-hybridized carbons (Fsp3) is 0. The lowest BCUT2D eigenvalue weighted by Gasteiger charge is -2.06. The van der Waals surface area contributed by atoms with Crippen molar-refractivity contribution in [3.8, 4) is 11.1 Å². The van der Waals surface area contributed by atoms with E-state index >= 15 is 0 Å². The van der Waals surface area contributed by atoms with Crippen molar-refractivity contribution in [2.45, 2.75) is 0 Å². The summed E-state index contributed by atoms with van der Waals surface area (Å²) in [7, 11) is 0. The van der Waals surface area contributed by atoms with Crippen LogP contribution in [0.2, 0.25) is 0 Å². The highest BCUT2D eigenvalue weighted by Crippen LogP contribution is 2.35.